The molecule has 0 bridgehead atoms. The van der Waals surface area contributed by atoms with Crippen molar-refractivity contribution >= 4 is 0 Å². The highest BCUT2D eigenvalue weighted by Gasteiger charge is 1.94. The maximum Gasteiger partial charge on any atom is 0.0577 e. The highest BCUT2D eigenvalue weighted by molar-refractivity contribution is 4.83. The molecule has 0 radical (unpaired) electrons. The molecule has 0 aromatic carbocycles. The van der Waals surface area contributed by atoms with Crippen LogP contribution in [0.4, 0.5) is 0 Å². The number of allylic oxidation sites excluding steroid dienone is 1. The van der Waals surface area contributed by atoms with Gasteiger partial charge in [-0.3, -0.25) is 0 Å². The van der Waals surface area contributed by atoms with Crippen LogP contribution in [0.5, 0.6) is 0 Å². The molecule has 0 aliphatic rings. The Bertz CT molecular complexity index is 222. The van der Waals surface area contributed by atoms with Gasteiger partial charge in [0.15, 0.2) is 0 Å². The Morgan fingerprint density at radius 2 is 1.14 bits per heavy atom. The zero-order valence-corrected chi connectivity index (χ0v) is 15.7. The van der Waals surface area contributed by atoms with Gasteiger partial charge < -0.3 is 4.74 Å². The van der Waals surface area contributed by atoms with Crippen LogP contribution in [0.25, 0.3) is 0 Å². The first kappa shape index (κ1) is 21.7. The van der Waals surface area contributed by atoms with Crippen molar-refractivity contribution < 1.29 is 4.74 Å². The SMILES string of the molecule is CCCCCCCCCCCCCCCC=CCC(C)OC. The van der Waals surface area contributed by atoms with Crippen LogP contribution in [0.2, 0.25) is 0 Å². The van der Waals surface area contributed by atoms with Crippen LogP contribution in [-0.2, 0) is 4.74 Å². The van der Waals surface area contributed by atoms with Crippen LogP contribution in [0.3, 0.4) is 0 Å². The Labute approximate surface area is 140 Å². The number of hydrogen-bond donors (Lipinski definition) is 0. The van der Waals surface area contributed by atoms with E-state index in [0.717, 1.165) is 6.42 Å². The molecule has 1 heteroatoms. The topological polar surface area (TPSA) is 9.23 Å². The molecule has 1 atom stereocenters. The van der Waals surface area contributed by atoms with E-state index in [4.69, 9.17) is 4.74 Å². The first-order chi connectivity index (χ1) is 10.8. The third-order valence-electron chi connectivity index (χ3n) is 4.51. The van der Waals surface area contributed by atoms with E-state index >= 15 is 0 Å². The van der Waals surface area contributed by atoms with Crippen molar-refractivity contribution in [2.75, 3.05) is 7.11 Å². The third kappa shape index (κ3) is 17.8. The van der Waals surface area contributed by atoms with Gasteiger partial charge in [0.2, 0.25) is 0 Å². The zero-order valence-electron chi connectivity index (χ0n) is 15.7. The summed E-state index contributed by atoms with van der Waals surface area (Å²) >= 11 is 0. The van der Waals surface area contributed by atoms with Crippen molar-refractivity contribution in [2.45, 2.75) is 116 Å². The second kappa shape index (κ2) is 18.7. The van der Waals surface area contributed by atoms with Gasteiger partial charge in [-0.15, -0.1) is 0 Å². The Kier molecular flexibility index (Phi) is 18.5. The Balaban J connectivity index is 3.05. The first-order valence-corrected chi connectivity index (χ1v) is 9.99. The summed E-state index contributed by atoms with van der Waals surface area (Å²) in [5, 5.41) is 0. The number of unbranched alkanes of at least 4 members (excludes halogenated alkanes) is 13. The van der Waals surface area contributed by atoms with E-state index in [1.54, 1.807) is 7.11 Å². The van der Waals surface area contributed by atoms with Crippen LogP contribution in [0.1, 0.15) is 110 Å². The largest absolute Gasteiger partial charge is 0.381 e. The molecule has 0 aliphatic carbocycles. The van der Waals surface area contributed by atoms with Crippen LogP contribution in [-0.4, -0.2) is 13.2 Å². The molecule has 0 aromatic rings. The summed E-state index contributed by atoms with van der Waals surface area (Å²) in [7, 11) is 1.78. The normalized spacial score (nSPS) is 13.0. The minimum Gasteiger partial charge on any atom is -0.381 e. The van der Waals surface area contributed by atoms with Gasteiger partial charge in [-0.25, -0.2) is 0 Å². The quantitative estimate of drug-likeness (QED) is 0.200. The maximum absolute atomic E-state index is 5.22. The standard InChI is InChI=1S/C21H42O/c1-4-5-6-7-8-9-10-11-12-13-14-15-16-17-18-19-20-21(2)22-3/h18-19,21H,4-17,20H2,1-3H3. The number of hydrogen-bond acceptors (Lipinski definition) is 1. The molecule has 1 nitrogen and oxygen atoms in total. The molecule has 132 valence electrons. The fourth-order valence-corrected chi connectivity index (χ4v) is 2.78. The smallest absolute Gasteiger partial charge is 0.0577 e. The molecular formula is C21H42O. The Hall–Kier alpha value is -0.300. The first-order valence-electron chi connectivity index (χ1n) is 9.99. The lowest BCUT2D eigenvalue weighted by Gasteiger charge is -2.04. The van der Waals surface area contributed by atoms with Gasteiger partial charge in [0, 0.05) is 7.11 Å². The van der Waals surface area contributed by atoms with Gasteiger partial charge >= 0.3 is 0 Å². The molecule has 0 saturated carbocycles. The fraction of sp³-hybridized carbons (Fsp3) is 0.905. The van der Waals surface area contributed by atoms with E-state index in [2.05, 4.69) is 26.0 Å². The summed E-state index contributed by atoms with van der Waals surface area (Å²) in [6.45, 7) is 4.41. The van der Waals surface area contributed by atoms with Crippen LogP contribution in [0.15, 0.2) is 12.2 Å². The highest BCUT2D eigenvalue weighted by Crippen LogP contribution is 2.13. The van der Waals surface area contributed by atoms with Crippen LogP contribution in [0, 0.1) is 0 Å². The average Bonchev–Trinajstić information content (AvgIpc) is 2.54. The average molecular weight is 311 g/mol. The lowest BCUT2D eigenvalue weighted by atomic mass is 10.0. The minimum atomic E-state index is 0.364. The molecule has 0 aromatic heterocycles. The van der Waals surface area contributed by atoms with Gasteiger partial charge in [-0.05, 0) is 26.2 Å². The number of rotatable bonds is 17. The Morgan fingerprint density at radius 1 is 0.682 bits per heavy atom. The highest BCUT2D eigenvalue weighted by atomic mass is 16.5. The van der Waals surface area contributed by atoms with Gasteiger partial charge in [0.25, 0.3) is 0 Å². The van der Waals surface area contributed by atoms with E-state index in [1.165, 1.54) is 89.9 Å². The summed E-state index contributed by atoms with van der Waals surface area (Å²) in [4.78, 5) is 0. The summed E-state index contributed by atoms with van der Waals surface area (Å²) in [6, 6.07) is 0. The second-order valence-electron chi connectivity index (χ2n) is 6.78. The molecule has 0 rings (SSSR count). The Morgan fingerprint density at radius 3 is 1.59 bits per heavy atom. The van der Waals surface area contributed by atoms with E-state index in [-0.39, 0.29) is 0 Å². The summed E-state index contributed by atoms with van der Waals surface area (Å²) in [6.07, 6.45) is 25.9. The summed E-state index contributed by atoms with van der Waals surface area (Å²) in [5.41, 5.74) is 0. The van der Waals surface area contributed by atoms with Gasteiger partial charge in [0.1, 0.15) is 0 Å². The van der Waals surface area contributed by atoms with Crippen molar-refractivity contribution in [2.24, 2.45) is 0 Å². The molecule has 0 spiro atoms. The molecule has 0 aliphatic heterocycles. The van der Waals surface area contributed by atoms with E-state index in [1.807, 2.05) is 0 Å². The maximum atomic E-state index is 5.22. The fourth-order valence-electron chi connectivity index (χ4n) is 2.78. The lowest BCUT2D eigenvalue weighted by Crippen LogP contribution is -2.01. The van der Waals surface area contributed by atoms with Gasteiger partial charge in [0.05, 0.1) is 6.10 Å². The number of ether oxygens (including phenoxy) is 1. The minimum absolute atomic E-state index is 0.364. The van der Waals surface area contributed by atoms with Crippen molar-refractivity contribution in [3.63, 3.8) is 0 Å². The van der Waals surface area contributed by atoms with Crippen molar-refractivity contribution in [3.8, 4) is 0 Å². The molecule has 0 N–H and O–H groups in total. The molecule has 0 amide bonds. The second-order valence-corrected chi connectivity index (χ2v) is 6.78. The van der Waals surface area contributed by atoms with Gasteiger partial charge in [-0.1, -0.05) is 96.1 Å². The molecule has 0 heterocycles. The summed E-state index contributed by atoms with van der Waals surface area (Å²) < 4.78 is 5.22. The molecule has 0 fully saturated rings. The monoisotopic (exact) mass is 310 g/mol. The van der Waals surface area contributed by atoms with Crippen molar-refractivity contribution in [3.05, 3.63) is 12.2 Å². The predicted molar refractivity (Wildman–Crippen MR) is 101 cm³/mol. The molecule has 0 saturated heterocycles. The van der Waals surface area contributed by atoms with Crippen LogP contribution >= 0.6 is 0 Å². The summed E-state index contributed by atoms with van der Waals surface area (Å²) in [5.74, 6) is 0. The zero-order chi connectivity index (χ0) is 16.3. The van der Waals surface area contributed by atoms with E-state index in [0.29, 0.717) is 6.10 Å². The molecular weight excluding hydrogens is 268 g/mol. The van der Waals surface area contributed by atoms with E-state index in [9.17, 15) is 0 Å². The van der Waals surface area contributed by atoms with Crippen molar-refractivity contribution in [1.82, 2.24) is 0 Å². The van der Waals surface area contributed by atoms with Crippen LogP contribution < -0.4 is 0 Å². The van der Waals surface area contributed by atoms with Gasteiger partial charge in [-0.2, -0.15) is 0 Å². The van der Waals surface area contributed by atoms with Crippen molar-refractivity contribution in [1.29, 1.82) is 0 Å². The predicted octanol–water partition coefficient (Wildman–Crippen LogP) is 7.45. The molecule has 1 unspecified atom stereocenters. The van der Waals surface area contributed by atoms with E-state index < -0.39 is 0 Å². The lowest BCUT2D eigenvalue weighted by molar-refractivity contribution is 0.121. The molecule has 22 heavy (non-hydrogen) atoms. The number of methoxy groups -OCH3 is 1. The third-order valence-corrected chi connectivity index (χ3v) is 4.51.